The van der Waals surface area contributed by atoms with Gasteiger partial charge in [-0.05, 0) is 13.3 Å². The quantitative estimate of drug-likeness (QED) is 0.818. The minimum absolute atomic E-state index is 0.110. The molecule has 0 aliphatic carbocycles. The molecule has 3 heteroatoms. The highest BCUT2D eigenvalue weighted by Gasteiger charge is 2.21. The van der Waals surface area contributed by atoms with Gasteiger partial charge >= 0.3 is 0 Å². The van der Waals surface area contributed by atoms with Gasteiger partial charge in [0.05, 0.1) is 10.7 Å². The zero-order valence-corrected chi connectivity index (χ0v) is 10.5. The lowest BCUT2D eigenvalue weighted by Crippen LogP contribution is -2.10. The molecule has 1 aromatic heterocycles. The number of nitrogens with two attached hydrogens (primary N) is 1. The molecule has 0 aliphatic rings. The van der Waals surface area contributed by atoms with E-state index in [0.29, 0.717) is 0 Å². The Bertz CT molecular complexity index is 308. The molecule has 1 unspecified atom stereocenters. The predicted molar refractivity (Wildman–Crippen MR) is 62.8 cm³/mol. The van der Waals surface area contributed by atoms with Gasteiger partial charge in [-0.25, -0.2) is 4.98 Å². The van der Waals surface area contributed by atoms with Crippen LogP contribution >= 0.6 is 11.3 Å². The summed E-state index contributed by atoms with van der Waals surface area (Å²) in [4.78, 5) is 5.91. The molecule has 0 radical (unpaired) electrons. The second-order valence-electron chi connectivity index (χ2n) is 4.72. The van der Waals surface area contributed by atoms with Crippen LogP contribution in [-0.4, -0.2) is 4.98 Å². The highest BCUT2D eigenvalue weighted by Crippen LogP contribution is 2.32. The van der Waals surface area contributed by atoms with Gasteiger partial charge in [-0.2, -0.15) is 0 Å². The molecule has 80 valence electrons. The Morgan fingerprint density at radius 1 is 1.43 bits per heavy atom. The third-order valence-electron chi connectivity index (χ3n) is 2.12. The molecule has 2 nitrogen and oxygen atoms in total. The summed E-state index contributed by atoms with van der Waals surface area (Å²) in [5, 5.41) is 1.20. The van der Waals surface area contributed by atoms with E-state index in [0.717, 1.165) is 6.42 Å². The van der Waals surface area contributed by atoms with Crippen molar-refractivity contribution < 1.29 is 0 Å². The zero-order chi connectivity index (χ0) is 10.9. The Morgan fingerprint density at radius 3 is 2.29 bits per heavy atom. The maximum absolute atomic E-state index is 5.92. The van der Waals surface area contributed by atoms with E-state index in [2.05, 4.69) is 32.7 Å². The van der Waals surface area contributed by atoms with Crippen LogP contribution in [0.5, 0.6) is 0 Å². The highest BCUT2D eigenvalue weighted by atomic mass is 32.1. The molecule has 0 amide bonds. The van der Waals surface area contributed by atoms with Crippen molar-refractivity contribution in [3.63, 3.8) is 0 Å². The lowest BCUT2D eigenvalue weighted by atomic mass is 9.98. The topological polar surface area (TPSA) is 38.9 Å². The number of nitrogens with zero attached hydrogens (tertiary/aromatic N) is 1. The molecule has 0 saturated heterocycles. The Hall–Kier alpha value is -0.410. The molecule has 1 heterocycles. The van der Waals surface area contributed by atoms with Crippen molar-refractivity contribution >= 4 is 11.3 Å². The first kappa shape index (κ1) is 11.7. The van der Waals surface area contributed by atoms with Gasteiger partial charge in [0.1, 0.15) is 0 Å². The maximum Gasteiger partial charge on any atom is 0.0985 e. The van der Waals surface area contributed by atoms with Gasteiger partial charge in [-0.15, -0.1) is 11.3 Å². The standard InChI is InChI=1S/C11H20N2S/c1-6-8-9(7(2)12)14-10(13-8)11(3,4)5/h7H,6,12H2,1-5H3. The first-order valence-electron chi connectivity index (χ1n) is 5.12. The highest BCUT2D eigenvalue weighted by molar-refractivity contribution is 7.12. The first-order chi connectivity index (χ1) is 6.36. The van der Waals surface area contributed by atoms with Gasteiger partial charge in [0, 0.05) is 16.3 Å². The lowest BCUT2D eigenvalue weighted by Gasteiger charge is -2.13. The fourth-order valence-corrected chi connectivity index (χ4v) is 2.46. The van der Waals surface area contributed by atoms with Crippen molar-refractivity contribution in [1.82, 2.24) is 4.98 Å². The van der Waals surface area contributed by atoms with Gasteiger partial charge in [-0.1, -0.05) is 27.7 Å². The molecule has 1 aromatic rings. The Kier molecular flexibility index (Phi) is 3.32. The van der Waals surface area contributed by atoms with Gasteiger partial charge in [-0.3, -0.25) is 0 Å². The van der Waals surface area contributed by atoms with Crippen molar-refractivity contribution in [2.45, 2.75) is 52.5 Å². The normalized spacial score (nSPS) is 14.4. The van der Waals surface area contributed by atoms with Crippen molar-refractivity contribution in [1.29, 1.82) is 0 Å². The molecule has 0 aliphatic heterocycles. The number of rotatable bonds is 2. The summed E-state index contributed by atoms with van der Waals surface area (Å²) in [6.07, 6.45) is 0.976. The molecule has 1 atom stereocenters. The number of thiazole rings is 1. The van der Waals surface area contributed by atoms with Crippen LogP contribution in [0, 0.1) is 0 Å². The molecule has 14 heavy (non-hydrogen) atoms. The van der Waals surface area contributed by atoms with E-state index < -0.39 is 0 Å². The molecular formula is C11H20N2S. The monoisotopic (exact) mass is 212 g/mol. The molecule has 1 rings (SSSR count). The predicted octanol–water partition coefficient (Wildman–Crippen LogP) is 3.02. The van der Waals surface area contributed by atoms with Crippen molar-refractivity contribution in [3.8, 4) is 0 Å². The van der Waals surface area contributed by atoms with Crippen molar-refractivity contribution in [2.24, 2.45) is 5.73 Å². The first-order valence-corrected chi connectivity index (χ1v) is 5.93. The second kappa shape index (κ2) is 3.99. The minimum atomic E-state index is 0.110. The molecule has 2 N–H and O–H groups in total. The van der Waals surface area contributed by atoms with Crippen molar-refractivity contribution in [3.05, 3.63) is 15.6 Å². The van der Waals surface area contributed by atoms with E-state index in [1.807, 2.05) is 6.92 Å². The summed E-state index contributed by atoms with van der Waals surface area (Å²) >= 11 is 1.76. The average Bonchev–Trinajstić information content (AvgIpc) is 2.45. The molecule has 0 saturated carbocycles. The summed E-state index contributed by atoms with van der Waals surface area (Å²) in [6.45, 7) is 10.7. The molecule has 0 aromatic carbocycles. The molecule has 0 bridgehead atoms. The van der Waals surface area contributed by atoms with E-state index in [-0.39, 0.29) is 11.5 Å². The third-order valence-corrected chi connectivity index (χ3v) is 3.84. The fraction of sp³-hybridized carbons (Fsp3) is 0.727. The van der Waals surface area contributed by atoms with E-state index in [4.69, 9.17) is 5.73 Å². The molecular weight excluding hydrogens is 192 g/mol. The Labute approximate surface area is 90.6 Å². The van der Waals surface area contributed by atoms with E-state index in [1.54, 1.807) is 11.3 Å². The van der Waals surface area contributed by atoms with Crippen LogP contribution in [0.25, 0.3) is 0 Å². The smallest absolute Gasteiger partial charge is 0.0985 e. The minimum Gasteiger partial charge on any atom is -0.323 e. The van der Waals surface area contributed by atoms with E-state index in [1.165, 1.54) is 15.6 Å². The number of hydrogen-bond acceptors (Lipinski definition) is 3. The van der Waals surface area contributed by atoms with E-state index >= 15 is 0 Å². The summed E-state index contributed by atoms with van der Waals surface area (Å²) in [5.74, 6) is 0. The fourth-order valence-electron chi connectivity index (χ4n) is 1.29. The number of hydrogen-bond donors (Lipinski definition) is 1. The number of aromatic nitrogens is 1. The van der Waals surface area contributed by atoms with Gasteiger partial charge in [0.25, 0.3) is 0 Å². The largest absolute Gasteiger partial charge is 0.323 e. The lowest BCUT2D eigenvalue weighted by molar-refractivity contribution is 0.583. The van der Waals surface area contributed by atoms with Crippen LogP contribution in [0.3, 0.4) is 0 Å². The summed E-state index contributed by atoms with van der Waals surface area (Å²) in [5.41, 5.74) is 7.23. The maximum atomic E-state index is 5.92. The summed E-state index contributed by atoms with van der Waals surface area (Å²) in [7, 11) is 0. The van der Waals surface area contributed by atoms with E-state index in [9.17, 15) is 0 Å². The SMILES string of the molecule is CCc1nc(C(C)(C)C)sc1C(C)N. The third kappa shape index (κ3) is 2.34. The van der Waals surface area contributed by atoms with Crippen LogP contribution in [-0.2, 0) is 11.8 Å². The Balaban J connectivity index is 3.13. The molecule has 0 fully saturated rings. The summed E-state index contributed by atoms with van der Waals surface area (Å²) < 4.78 is 0. The number of aryl methyl sites for hydroxylation is 1. The molecule has 0 spiro atoms. The second-order valence-corrected chi connectivity index (χ2v) is 5.75. The van der Waals surface area contributed by atoms with Crippen molar-refractivity contribution in [2.75, 3.05) is 0 Å². The summed E-state index contributed by atoms with van der Waals surface area (Å²) in [6, 6.07) is 0.110. The van der Waals surface area contributed by atoms with Gasteiger partial charge in [0.15, 0.2) is 0 Å². The Morgan fingerprint density at radius 2 is 2.00 bits per heavy atom. The van der Waals surface area contributed by atoms with Crippen LogP contribution in [0.1, 0.15) is 56.2 Å². The van der Waals surface area contributed by atoms with Gasteiger partial charge < -0.3 is 5.73 Å². The van der Waals surface area contributed by atoms with Crippen LogP contribution < -0.4 is 5.73 Å². The van der Waals surface area contributed by atoms with Crippen LogP contribution in [0.4, 0.5) is 0 Å². The van der Waals surface area contributed by atoms with Crippen LogP contribution in [0.15, 0.2) is 0 Å². The van der Waals surface area contributed by atoms with Crippen LogP contribution in [0.2, 0.25) is 0 Å². The zero-order valence-electron chi connectivity index (χ0n) is 9.72. The van der Waals surface area contributed by atoms with Gasteiger partial charge in [0.2, 0.25) is 0 Å². The average molecular weight is 212 g/mol.